The van der Waals surface area contributed by atoms with Crippen LogP contribution >= 0.6 is 11.5 Å². The van der Waals surface area contributed by atoms with Gasteiger partial charge in [0.05, 0.1) is 6.04 Å². The van der Waals surface area contributed by atoms with Crippen molar-refractivity contribution in [3.63, 3.8) is 0 Å². The molecular formula is C19H27N5OS. The molecule has 2 heterocycles. The molecule has 1 aliphatic rings. The molecule has 0 aliphatic carbocycles. The molecule has 1 fully saturated rings. The monoisotopic (exact) mass is 373 g/mol. The Bertz CT molecular complexity index is 722. The third kappa shape index (κ3) is 4.60. The molecule has 1 atom stereocenters. The van der Waals surface area contributed by atoms with Crippen LogP contribution in [0.15, 0.2) is 29.6 Å². The van der Waals surface area contributed by atoms with Crippen LogP contribution < -0.4 is 21.3 Å². The summed E-state index contributed by atoms with van der Waals surface area (Å²) in [5.41, 5.74) is 9.19. The maximum Gasteiger partial charge on any atom is 0.242 e. The smallest absolute Gasteiger partial charge is 0.242 e. The zero-order valence-corrected chi connectivity index (χ0v) is 16.2. The van der Waals surface area contributed by atoms with E-state index in [1.165, 1.54) is 17.2 Å². The maximum atomic E-state index is 12.3. The molecule has 0 unspecified atom stereocenters. The molecule has 4 N–H and O–H groups in total. The fourth-order valence-electron chi connectivity index (χ4n) is 3.13. The zero-order valence-electron chi connectivity index (χ0n) is 15.4. The molecule has 1 aromatic heterocycles. The van der Waals surface area contributed by atoms with Crippen LogP contribution in [0.4, 0.5) is 11.5 Å². The Balaban J connectivity index is 1.70. The van der Waals surface area contributed by atoms with Crippen LogP contribution in [0, 0.1) is 5.92 Å². The molecule has 0 saturated carbocycles. The lowest BCUT2D eigenvalue weighted by Gasteiger charge is -2.29. The Labute approximate surface area is 158 Å². The van der Waals surface area contributed by atoms with Crippen molar-refractivity contribution in [2.24, 2.45) is 11.7 Å². The highest BCUT2D eigenvalue weighted by atomic mass is 32.1. The van der Waals surface area contributed by atoms with E-state index in [0.717, 1.165) is 37.3 Å². The standard InChI is InChI=1S/C19H27N5OS/c1-13(2)11-17(20)19(25)22-18-16(12-26-23-18)14-3-5-15(6-4-14)24-9-7-21-8-10-24/h3-6,12-13,17,21H,7-11,20H2,1-2H3,(H,22,23,25)/t17-/m0/s1. The lowest BCUT2D eigenvalue weighted by molar-refractivity contribution is -0.117. The topological polar surface area (TPSA) is 83.3 Å². The van der Waals surface area contributed by atoms with Crippen molar-refractivity contribution < 1.29 is 4.79 Å². The molecule has 1 saturated heterocycles. The highest BCUT2D eigenvalue weighted by molar-refractivity contribution is 7.04. The number of hydrogen-bond acceptors (Lipinski definition) is 6. The van der Waals surface area contributed by atoms with Gasteiger partial charge in [-0.05, 0) is 41.6 Å². The molecule has 0 radical (unpaired) electrons. The van der Waals surface area contributed by atoms with Crippen LogP contribution in [0.3, 0.4) is 0 Å². The van der Waals surface area contributed by atoms with E-state index in [0.29, 0.717) is 18.2 Å². The molecule has 140 valence electrons. The summed E-state index contributed by atoms with van der Waals surface area (Å²) in [6, 6.07) is 7.93. The van der Waals surface area contributed by atoms with Crippen molar-refractivity contribution in [3.8, 4) is 11.1 Å². The second-order valence-corrected chi connectivity index (χ2v) is 7.72. The number of aromatic nitrogens is 1. The number of piperazine rings is 1. The number of amides is 1. The minimum atomic E-state index is -0.514. The Morgan fingerprint density at radius 2 is 2.00 bits per heavy atom. The first-order valence-electron chi connectivity index (χ1n) is 9.11. The summed E-state index contributed by atoms with van der Waals surface area (Å²) >= 11 is 1.34. The lowest BCUT2D eigenvalue weighted by Crippen LogP contribution is -2.43. The molecule has 6 nitrogen and oxygen atoms in total. The van der Waals surface area contributed by atoms with Gasteiger partial charge in [0.1, 0.15) is 0 Å². The lowest BCUT2D eigenvalue weighted by atomic mass is 10.0. The maximum absolute atomic E-state index is 12.3. The Morgan fingerprint density at radius 3 is 2.65 bits per heavy atom. The average Bonchev–Trinajstić information content (AvgIpc) is 3.10. The number of hydrogen-bond donors (Lipinski definition) is 3. The summed E-state index contributed by atoms with van der Waals surface area (Å²) in [6.07, 6.45) is 0.657. The van der Waals surface area contributed by atoms with Crippen molar-refractivity contribution in [2.75, 3.05) is 36.4 Å². The van der Waals surface area contributed by atoms with Crippen molar-refractivity contribution in [1.29, 1.82) is 0 Å². The summed E-state index contributed by atoms with van der Waals surface area (Å²) in [6.45, 7) is 8.19. The molecule has 3 rings (SSSR count). The number of nitrogens with one attached hydrogen (secondary N) is 2. The van der Waals surface area contributed by atoms with E-state index in [1.54, 1.807) is 0 Å². The first kappa shape index (κ1) is 18.8. The Hall–Kier alpha value is -1.96. The summed E-state index contributed by atoms with van der Waals surface area (Å²) in [7, 11) is 0. The zero-order chi connectivity index (χ0) is 18.5. The quantitative estimate of drug-likeness (QED) is 0.725. The minimum absolute atomic E-state index is 0.178. The second-order valence-electron chi connectivity index (χ2n) is 7.09. The van der Waals surface area contributed by atoms with Gasteiger partial charge >= 0.3 is 0 Å². The molecule has 1 aromatic carbocycles. The predicted molar refractivity (Wildman–Crippen MR) is 109 cm³/mol. The molecule has 26 heavy (non-hydrogen) atoms. The molecule has 0 spiro atoms. The van der Waals surface area contributed by atoms with E-state index in [-0.39, 0.29) is 5.91 Å². The molecule has 1 aliphatic heterocycles. The molecule has 7 heteroatoms. The second kappa shape index (κ2) is 8.62. The Kier molecular flexibility index (Phi) is 6.24. The van der Waals surface area contributed by atoms with Gasteiger partial charge in [0.25, 0.3) is 0 Å². The third-order valence-corrected chi connectivity index (χ3v) is 5.16. The highest BCUT2D eigenvalue weighted by Crippen LogP contribution is 2.30. The summed E-state index contributed by atoms with van der Waals surface area (Å²) in [5.74, 6) is 0.792. The van der Waals surface area contributed by atoms with Gasteiger partial charge < -0.3 is 21.3 Å². The van der Waals surface area contributed by atoms with Gasteiger partial charge in [0.2, 0.25) is 5.91 Å². The number of rotatable bonds is 6. The van der Waals surface area contributed by atoms with Gasteiger partial charge in [-0.25, -0.2) is 0 Å². The SMILES string of the molecule is CC(C)C[C@H](N)C(=O)Nc1nscc1-c1ccc(N2CCNCC2)cc1. The molecule has 0 bridgehead atoms. The van der Waals surface area contributed by atoms with Crippen LogP contribution in [0.1, 0.15) is 20.3 Å². The number of anilines is 2. The largest absolute Gasteiger partial charge is 0.369 e. The van der Waals surface area contributed by atoms with Crippen LogP contribution in [0.2, 0.25) is 0 Å². The molecular weight excluding hydrogens is 346 g/mol. The molecule has 1 amide bonds. The first-order valence-corrected chi connectivity index (χ1v) is 9.95. The van der Waals surface area contributed by atoms with E-state index >= 15 is 0 Å². The average molecular weight is 374 g/mol. The summed E-state index contributed by atoms with van der Waals surface area (Å²) in [5, 5.41) is 8.22. The summed E-state index contributed by atoms with van der Waals surface area (Å²) < 4.78 is 4.34. The number of carbonyl (C=O) groups is 1. The number of benzene rings is 1. The number of carbonyl (C=O) groups excluding carboxylic acids is 1. The van der Waals surface area contributed by atoms with Gasteiger partial charge in [-0.15, -0.1) is 0 Å². The van der Waals surface area contributed by atoms with E-state index in [4.69, 9.17) is 5.73 Å². The molecule has 2 aromatic rings. The van der Waals surface area contributed by atoms with E-state index < -0.39 is 6.04 Å². The van der Waals surface area contributed by atoms with Crippen LogP contribution in [-0.2, 0) is 4.79 Å². The fourth-order valence-corrected chi connectivity index (χ4v) is 3.79. The van der Waals surface area contributed by atoms with Gasteiger partial charge in [-0.3, -0.25) is 4.79 Å². The number of nitrogens with zero attached hydrogens (tertiary/aromatic N) is 2. The highest BCUT2D eigenvalue weighted by Gasteiger charge is 2.18. The fraction of sp³-hybridized carbons (Fsp3) is 0.474. The Morgan fingerprint density at radius 1 is 1.31 bits per heavy atom. The van der Waals surface area contributed by atoms with Crippen LogP contribution in [0.25, 0.3) is 11.1 Å². The van der Waals surface area contributed by atoms with Crippen LogP contribution in [0.5, 0.6) is 0 Å². The van der Waals surface area contributed by atoms with Crippen molar-refractivity contribution >= 4 is 28.9 Å². The van der Waals surface area contributed by atoms with Crippen molar-refractivity contribution in [2.45, 2.75) is 26.3 Å². The van der Waals surface area contributed by atoms with E-state index in [1.807, 2.05) is 5.38 Å². The van der Waals surface area contributed by atoms with Crippen LogP contribution in [-0.4, -0.2) is 42.5 Å². The van der Waals surface area contributed by atoms with Gasteiger partial charge in [-0.2, -0.15) is 4.37 Å². The summed E-state index contributed by atoms with van der Waals surface area (Å²) in [4.78, 5) is 14.7. The first-order chi connectivity index (χ1) is 12.5. The normalized spacial score (nSPS) is 15.9. The van der Waals surface area contributed by atoms with E-state index in [9.17, 15) is 4.79 Å². The van der Waals surface area contributed by atoms with E-state index in [2.05, 4.69) is 58.0 Å². The minimum Gasteiger partial charge on any atom is -0.369 e. The van der Waals surface area contributed by atoms with Crippen molar-refractivity contribution in [1.82, 2.24) is 9.69 Å². The predicted octanol–water partition coefficient (Wildman–Crippen LogP) is 2.53. The van der Waals surface area contributed by atoms with Gasteiger partial charge in [-0.1, -0.05) is 26.0 Å². The van der Waals surface area contributed by atoms with Crippen molar-refractivity contribution in [3.05, 3.63) is 29.6 Å². The number of nitrogens with two attached hydrogens (primary N) is 1. The van der Waals surface area contributed by atoms with Gasteiger partial charge in [0, 0.05) is 42.8 Å². The third-order valence-electron chi connectivity index (χ3n) is 4.53. The van der Waals surface area contributed by atoms with Gasteiger partial charge in [0.15, 0.2) is 5.82 Å².